The summed E-state index contributed by atoms with van der Waals surface area (Å²) in [6.45, 7) is 1.78. The van der Waals surface area contributed by atoms with Crippen LogP contribution in [0.2, 0.25) is 5.02 Å². The molecule has 0 spiro atoms. The topological polar surface area (TPSA) is 17.1 Å². The zero-order valence-corrected chi connectivity index (χ0v) is 9.27. The van der Waals surface area contributed by atoms with Gasteiger partial charge >= 0.3 is 0 Å². The van der Waals surface area contributed by atoms with Crippen LogP contribution in [0.25, 0.3) is 0 Å². The van der Waals surface area contributed by atoms with E-state index in [4.69, 9.17) is 11.6 Å². The molecule has 80 valence electrons. The number of halogens is 2. The molecule has 1 aromatic carbocycles. The van der Waals surface area contributed by atoms with Crippen LogP contribution in [0.3, 0.4) is 0 Å². The predicted molar refractivity (Wildman–Crippen MR) is 57.8 cm³/mol. The fourth-order valence-electron chi connectivity index (χ4n) is 1.76. The van der Waals surface area contributed by atoms with Crippen molar-refractivity contribution < 1.29 is 9.18 Å². The summed E-state index contributed by atoms with van der Waals surface area (Å²) in [5, 5.41) is 0.270. The number of carbonyl (C=O) groups is 1. The lowest BCUT2D eigenvalue weighted by atomic mass is 9.79. The van der Waals surface area contributed by atoms with Crippen molar-refractivity contribution in [3.8, 4) is 0 Å². The highest BCUT2D eigenvalue weighted by Crippen LogP contribution is 2.33. The van der Waals surface area contributed by atoms with E-state index >= 15 is 0 Å². The highest BCUT2D eigenvalue weighted by Gasteiger charge is 2.29. The van der Waals surface area contributed by atoms with Crippen molar-refractivity contribution in [2.75, 3.05) is 0 Å². The first-order valence-corrected chi connectivity index (χ1v) is 5.48. The quantitative estimate of drug-likeness (QED) is 0.702. The van der Waals surface area contributed by atoms with Gasteiger partial charge in [-0.05, 0) is 31.4 Å². The summed E-state index contributed by atoms with van der Waals surface area (Å²) < 4.78 is 13.5. The van der Waals surface area contributed by atoms with Crippen molar-refractivity contribution in [3.05, 3.63) is 34.1 Å². The summed E-state index contributed by atoms with van der Waals surface area (Å²) in [5.74, 6) is -0.645. The fourth-order valence-corrected chi connectivity index (χ4v) is 2.00. The molecule has 1 saturated carbocycles. The second kappa shape index (κ2) is 3.93. The highest BCUT2D eigenvalue weighted by molar-refractivity contribution is 6.34. The van der Waals surface area contributed by atoms with Crippen LogP contribution in [0.1, 0.15) is 35.2 Å². The van der Waals surface area contributed by atoms with Crippen LogP contribution in [-0.2, 0) is 0 Å². The Morgan fingerprint density at radius 3 is 2.67 bits per heavy atom. The van der Waals surface area contributed by atoms with Gasteiger partial charge < -0.3 is 0 Å². The molecular weight excluding hydrogens is 215 g/mol. The Labute approximate surface area is 93.2 Å². The molecule has 0 amide bonds. The second-order valence-corrected chi connectivity index (χ2v) is 4.42. The third-order valence-electron chi connectivity index (χ3n) is 3.01. The zero-order chi connectivity index (χ0) is 11.0. The molecular formula is C12H12ClFO. The normalized spacial score (nSPS) is 16.2. The third kappa shape index (κ3) is 1.78. The summed E-state index contributed by atoms with van der Waals surface area (Å²) in [6.07, 6.45) is 2.78. The van der Waals surface area contributed by atoms with Gasteiger partial charge in [-0.15, -0.1) is 0 Å². The van der Waals surface area contributed by atoms with Gasteiger partial charge in [-0.25, -0.2) is 4.39 Å². The maximum Gasteiger partial charge on any atom is 0.170 e. The SMILES string of the molecule is Cc1ccc(F)c(C(=O)C2CCC2)c1Cl. The smallest absolute Gasteiger partial charge is 0.170 e. The number of carbonyl (C=O) groups excluding carboxylic acids is 1. The van der Waals surface area contributed by atoms with Crippen LogP contribution >= 0.6 is 11.6 Å². The number of benzene rings is 1. The van der Waals surface area contributed by atoms with Gasteiger partial charge in [0.1, 0.15) is 5.82 Å². The van der Waals surface area contributed by atoms with E-state index in [1.807, 2.05) is 0 Å². The summed E-state index contributed by atoms with van der Waals surface area (Å²) in [4.78, 5) is 11.9. The van der Waals surface area contributed by atoms with Gasteiger partial charge in [0.2, 0.25) is 0 Å². The molecule has 0 heterocycles. The molecule has 0 bridgehead atoms. The first-order chi connectivity index (χ1) is 7.11. The van der Waals surface area contributed by atoms with Crippen LogP contribution in [0, 0.1) is 18.7 Å². The highest BCUT2D eigenvalue weighted by atomic mass is 35.5. The Hall–Kier alpha value is -0.890. The number of hydrogen-bond acceptors (Lipinski definition) is 1. The van der Waals surface area contributed by atoms with Crippen LogP contribution in [0.15, 0.2) is 12.1 Å². The van der Waals surface area contributed by atoms with E-state index in [0.29, 0.717) is 0 Å². The molecule has 1 nitrogen and oxygen atoms in total. The van der Waals surface area contributed by atoms with Crippen molar-refractivity contribution in [1.29, 1.82) is 0 Å². The van der Waals surface area contributed by atoms with Crippen molar-refractivity contribution in [2.24, 2.45) is 5.92 Å². The maximum atomic E-state index is 13.5. The average Bonchev–Trinajstić information content (AvgIpc) is 2.09. The number of Topliss-reactive ketones (excluding diaryl/α,β-unsaturated/α-hetero) is 1. The minimum Gasteiger partial charge on any atom is -0.294 e. The molecule has 2 rings (SSSR count). The molecule has 0 N–H and O–H groups in total. The lowest BCUT2D eigenvalue weighted by molar-refractivity contribution is 0.0851. The van der Waals surface area contributed by atoms with Gasteiger partial charge in [0.05, 0.1) is 10.6 Å². The van der Waals surface area contributed by atoms with E-state index in [9.17, 15) is 9.18 Å². The van der Waals surface area contributed by atoms with Crippen LogP contribution in [-0.4, -0.2) is 5.78 Å². The van der Waals surface area contributed by atoms with E-state index in [1.165, 1.54) is 6.07 Å². The minimum absolute atomic E-state index is 0.0150. The average molecular weight is 227 g/mol. The summed E-state index contributed by atoms with van der Waals surface area (Å²) in [7, 11) is 0. The molecule has 1 aromatic rings. The number of ketones is 1. The van der Waals surface area contributed by atoms with Crippen molar-refractivity contribution >= 4 is 17.4 Å². The Kier molecular flexibility index (Phi) is 2.79. The van der Waals surface area contributed by atoms with Gasteiger partial charge in [0, 0.05) is 5.92 Å². The van der Waals surface area contributed by atoms with Gasteiger partial charge in [-0.3, -0.25) is 4.79 Å². The molecule has 1 fully saturated rings. The second-order valence-electron chi connectivity index (χ2n) is 4.05. The molecule has 0 radical (unpaired) electrons. The van der Waals surface area contributed by atoms with Crippen LogP contribution < -0.4 is 0 Å². The fraction of sp³-hybridized carbons (Fsp3) is 0.417. The first-order valence-electron chi connectivity index (χ1n) is 5.10. The summed E-state index contributed by atoms with van der Waals surface area (Å²) in [5.41, 5.74) is 0.835. The zero-order valence-electron chi connectivity index (χ0n) is 8.52. The van der Waals surface area contributed by atoms with Gasteiger partial charge in [-0.1, -0.05) is 24.1 Å². The van der Waals surface area contributed by atoms with Gasteiger partial charge in [-0.2, -0.15) is 0 Å². The Morgan fingerprint density at radius 2 is 2.13 bits per heavy atom. The van der Waals surface area contributed by atoms with Crippen LogP contribution in [0.5, 0.6) is 0 Å². The number of aryl methyl sites for hydroxylation is 1. The molecule has 3 heteroatoms. The molecule has 1 aliphatic carbocycles. The van der Waals surface area contributed by atoms with E-state index in [1.54, 1.807) is 13.0 Å². The van der Waals surface area contributed by atoms with Gasteiger partial charge in [0.25, 0.3) is 0 Å². The van der Waals surface area contributed by atoms with E-state index in [-0.39, 0.29) is 22.3 Å². The number of hydrogen-bond donors (Lipinski definition) is 0. The van der Waals surface area contributed by atoms with Crippen molar-refractivity contribution in [1.82, 2.24) is 0 Å². The molecule has 15 heavy (non-hydrogen) atoms. The summed E-state index contributed by atoms with van der Waals surface area (Å²) >= 11 is 5.96. The standard InChI is InChI=1S/C12H12ClFO/c1-7-5-6-9(14)10(11(7)13)12(15)8-3-2-4-8/h5-6,8H,2-4H2,1H3. The Bertz CT molecular complexity index is 410. The van der Waals surface area contributed by atoms with E-state index in [2.05, 4.69) is 0 Å². The lowest BCUT2D eigenvalue weighted by Crippen LogP contribution is -2.23. The number of rotatable bonds is 2. The predicted octanol–water partition coefficient (Wildman–Crippen LogP) is 3.77. The maximum absolute atomic E-state index is 13.5. The Morgan fingerprint density at radius 1 is 1.47 bits per heavy atom. The van der Waals surface area contributed by atoms with Gasteiger partial charge in [0.15, 0.2) is 5.78 Å². The lowest BCUT2D eigenvalue weighted by Gasteiger charge is -2.24. The summed E-state index contributed by atoms with van der Waals surface area (Å²) in [6, 6.07) is 2.91. The third-order valence-corrected chi connectivity index (χ3v) is 3.49. The molecule has 1 aliphatic rings. The molecule has 0 saturated heterocycles. The minimum atomic E-state index is -0.498. The van der Waals surface area contributed by atoms with E-state index < -0.39 is 5.82 Å². The molecule has 0 aliphatic heterocycles. The van der Waals surface area contributed by atoms with Crippen molar-refractivity contribution in [3.63, 3.8) is 0 Å². The molecule has 0 aromatic heterocycles. The Balaban J connectivity index is 2.41. The first kappa shape index (κ1) is 10.6. The van der Waals surface area contributed by atoms with Crippen molar-refractivity contribution in [2.45, 2.75) is 26.2 Å². The molecule has 0 atom stereocenters. The molecule has 0 unspecified atom stereocenters. The monoisotopic (exact) mass is 226 g/mol. The van der Waals surface area contributed by atoms with E-state index in [0.717, 1.165) is 24.8 Å². The largest absolute Gasteiger partial charge is 0.294 e. The van der Waals surface area contributed by atoms with Crippen LogP contribution in [0.4, 0.5) is 4.39 Å².